The number of esters is 1. The minimum Gasteiger partial charge on any atom is -0.507 e. The Morgan fingerprint density at radius 3 is 2.67 bits per heavy atom. The zero-order chi connectivity index (χ0) is 13.5. The van der Waals surface area contributed by atoms with E-state index in [1.54, 1.807) is 6.92 Å². The summed E-state index contributed by atoms with van der Waals surface area (Å²) in [6.45, 7) is 2.00. The lowest BCUT2D eigenvalue weighted by Crippen LogP contribution is -2.01. The first kappa shape index (κ1) is 13.6. The van der Waals surface area contributed by atoms with Gasteiger partial charge in [-0.05, 0) is 25.1 Å². The first-order valence-electron chi connectivity index (χ1n) is 5.25. The van der Waals surface area contributed by atoms with E-state index in [0.29, 0.717) is 12.2 Å². The van der Waals surface area contributed by atoms with Crippen LogP contribution in [0, 0.1) is 11.8 Å². The highest BCUT2D eigenvalue weighted by Gasteiger charge is 2.08. The zero-order valence-electron chi connectivity index (χ0n) is 9.77. The van der Waals surface area contributed by atoms with Crippen LogP contribution in [0.5, 0.6) is 5.75 Å². The summed E-state index contributed by atoms with van der Waals surface area (Å²) >= 11 is 0. The molecule has 0 saturated carbocycles. The van der Waals surface area contributed by atoms with Crippen LogP contribution >= 0.6 is 0 Å². The quantitative estimate of drug-likeness (QED) is 0.624. The Morgan fingerprint density at radius 2 is 2.11 bits per heavy atom. The SMILES string of the molecule is CCOC(=O)CC#Cc1ccc(C(=O)O)c(O)c1. The van der Waals surface area contributed by atoms with Gasteiger partial charge in [-0.25, -0.2) is 4.79 Å². The summed E-state index contributed by atoms with van der Waals surface area (Å²) in [4.78, 5) is 21.6. The van der Waals surface area contributed by atoms with Gasteiger partial charge in [0.05, 0.1) is 6.61 Å². The molecule has 2 N–H and O–H groups in total. The molecule has 0 aliphatic rings. The number of hydrogen-bond acceptors (Lipinski definition) is 4. The summed E-state index contributed by atoms with van der Waals surface area (Å²) in [5.41, 5.74) is 0.243. The van der Waals surface area contributed by atoms with E-state index >= 15 is 0 Å². The summed E-state index contributed by atoms with van der Waals surface area (Å²) in [5.74, 6) is 3.23. The predicted molar refractivity (Wildman–Crippen MR) is 63.2 cm³/mol. The highest BCUT2D eigenvalue weighted by molar-refractivity contribution is 5.90. The Bertz CT molecular complexity index is 522. The summed E-state index contributed by atoms with van der Waals surface area (Å²) in [6, 6.07) is 3.95. The van der Waals surface area contributed by atoms with Crippen LogP contribution in [-0.2, 0) is 9.53 Å². The summed E-state index contributed by atoms with van der Waals surface area (Å²) in [6.07, 6.45) is -0.0463. The molecule has 0 aromatic heterocycles. The van der Waals surface area contributed by atoms with E-state index in [1.165, 1.54) is 18.2 Å². The zero-order valence-corrected chi connectivity index (χ0v) is 9.77. The average Bonchev–Trinajstić information content (AvgIpc) is 2.29. The van der Waals surface area contributed by atoms with Crippen molar-refractivity contribution in [3.8, 4) is 17.6 Å². The Morgan fingerprint density at radius 1 is 1.39 bits per heavy atom. The van der Waals surface area contributed by atoms with E-state index < -0.39 is 11.9 Å². The number of rotatable bonds is 3. The van der Waals surface area contributed by atoms with Gasteiger partial charge in [0, 0.05) is 5.56 Å². The Labute approximate surface area is 104 Å². The smallest absolute Gasteiger partial charge is 0.339 e. The van der Waals surface area contributed by atoms with Crippen LogP contribution in [0.25, 0.3) is 0 Å². The minimum absolute atomic E-state index is 0.0463. The summed E-state index contributed by atoms with van der Waals surface area (Å²) in [5, 5.41) is 18.1. The molecule has 0 amide bonds. The number of carbonyl (C=O) groups is 2. The standard InChI is InChI=1S/C13H12O5/c1-2-18-12(15)5-3-4-9-6-7-10(13(16)17)11(14)8-9/h6-8,14H,2,5H2,1H3,(H,16,17). The first-order chi connectivity index (χ1) is 8.54. The minimum atomic E-state index is -1.21. The number of aromatic carboxylic acids is 1. The summed E-state index contributed by atoms with van der Waals surface area (Å²) < 4.78 is 4.69. The van der Waals surface area contributed by atoms with Crippen molar-refractivity contribution >= 4 is 11.9 Å². The number of carbonyl (C=O) groups excluding carboxylic acids is 1. The van der Waals surface area contributed by atoms with Gasteiger partial charge >= 0.3 is 11.9 Å². The van der Waals surface area contributed by atoms with E-state index in [0.717, 1.165) is 0 Å². The second-order valence-corrected chi connectivity index (χ2v) is 3.32. The third-order valence-corrected chi connectivity index (χ3v) is 2.00. The van der Waals surface area contributed by atoms with Gasteiger partial charge in [0.25, 0.3) is 0 Å². The van der Waals surface area contributed by atoms with E-state index in [9.17, 15) is 14.7 Å². The van der Waals surface area contributed by atoms with Crippen molar-refractivity contribution in [1.82, 2.24) is 0 Å². The molecule has 94 valence electrons. The molecule has 0 saturated heterocycles. The lowest BCUT2D eigenvalue weighted by atomic mass is 10.1. The fraction of sp³-hybridized carbons (Fsp3) is 0.231. The summed E-state index contributed by atoms with van der Waals surface area (Å²) in [7, 11) is 0. The maximum Gasteiger partial charge on any atom is 0.339 e. The van der Waals surface area contributed by atoms with Gasteiger partial charge in [-0.15, -0.1) is 0 Å². The van der Waals surface area contributed by atoms with Crippen molar-refractivity contribution in [2.24, 2.45) is 0 Å². The van der Waals surface area contributed by atoms with E-state index in [2.05, 4.69) is 16.6 Å². The lowest BCUT2D eigenvalue weighted by molar-refractivity contribution is -0.141. The molecule has 0 heterocycles. The predicted octanol–water partition coefficient (Wildman–Crippen LogP) is 1.40. The largest absolute Gasteiger partial charge is 0.507 e. The molecule has 0 aliphatic carbocycles. The number of benzene rings is 1. The van der Waals surface area contributed by atoms with Crippen molar-refractivity contribution in [3.05, 3.63) is 29.3 Å². The fourth-order valence-corrected chi connectivity index (χ4v) is 1.22. The molecular weight excluding hydrogens is 236 g/mol. The second kappa shape index (κ2) is 6.30. The molecule has 0 fully saturated rings. The highest BCUT2D eigenvalue weighted by Crippen LogP contribution is 2.18. The van der Waals surface area contributed by atoms with Crippen LogP contribution in [0.3, 0.4) is 0 Å². The number of hydrogen-bond donors (Lipinski definition) is 2. The average molecular weight is 248 g/mol. The normalized spacial score (nSPS) is 9.17. The van der Waals surface area contributed by atoms with Crippen LogP contribution in [0.2, 0.25) is 0 Å². The number of phenols is 1. The van der Waals surface area contributed by atoms with Crippen LogP contribution in [0.4, 0.5) is 0 Å². The van der Waals surface area contributed by atoms with E-state index in [1.807, 2.05) is 0 Å². The molecule has 0 spiro atoms. The second-order valence-electron chi connectivity index (χ2n) is 3.32. The number of carboxylic acids is 1. The van der Waals surface area contributed by atoms with Crippen molar-refractivity contribution < 1.29 is 24.5 Å². The van der Waals surface area contributed by atoms with Gasteiger partial charge < -0.3 is 14.9 Å². The molecule has 0 atom stereocenters. The number of carboxylic acid groups (broad SMARTS) is 1. The Balaban J connectivity index is 2.75. The van der Waals surface area contributed by atoms with Crippen LogP contribution in [-0.4, -0.2) is 28.8 Å². The van der Waals surface area contributed by atoms with Crippen molar-refractivity contribution in [2.75, 3.05) is 6.61 Å². The molecule has 0 radical (unpaired) electrons. The van der Waals surface area contributed by atoms with Crippen molar-refractivity contribution in [2.45, 2.75) is 13.3 Å². The maximum absolute atomic E-state index is 11.0. The van der Waals surface area contributed by atoms with Crippen LogP contribution in [0.1, 0.15) is 29.3 Å². The van der Waals surface area contributed by atoms with Crippen LogP contribution in [0.15, 0.2) is 18.2 Å². The molecule has 1 rings (SSSR count). The molecule has 1 aromatic rings. The molecule has 5 heteroatoms. The van der Waals surface area contributed by atoms with Gasteiger partial charge in [-0.3, -0.25) is 4.79 Å². The number of ether oxygens (including phenoxy) is 1. The fourth-order valence-electron chi connectivity index (χ4n) is 1.22. The lowest BCUT2D eigenvalue weighted by Gasteiger charge is -1.99. The maximum atomic E-state index is 11.0. The third-order valence-electron chi connectivity index (χ3n) is 2.00. The van der Waals surface area contributed by atoms with Gasteiger partial charge in [0.2, 0.25) is 0 Å². The van der Waals surface area contributed by atoms with Gasteiger partial charge in [-0.2, -0.15) is 0 Å². The molecule has 18 heavy (non-hydrogen) atoms. The molecule has 0 bridgehead atoms. The van der Waals surface area contributed by atoms with Crippen molar-refractivity contribution in [3.63, 3.8) is 0 Å². The van der Waals surface area contributed by atoms with E-state index in [4.69, 9.17) is 5.11 Å². The Kier molecular flexibility index (Phi) is 4.76. The van der Waals surface area contributed by atoms with Gasteiger partial charge in [0.1, 0.15) is 17.7 Å². The molecular formula is C13H12O5. The topological polar surface area (TPSA) is 83.8 Å². The molecule has 0 unspecified atom stereocenters. The van der Waals surface area contributed by atoms with Gasteiger partial charge in [-0.1, -0.05) is 11.8 Å². The first-order valence-corrected chi connectivity index (χ1v) is 5.25. The number of aromatic hydroxyl groups is 1. The highest BCUT2D eigenvalue weighted by atomic mass is 16.5. The third kappa shape index (κ3) is 3.83. The van der Waals surface area contributed by atoms with E-state index in [-0.39, 0.29) is 17.7 Å². The Hall–Kier alpha value is -2.48. The monoisotopic (exact) mass is 248 g/mol. The molecule has 0 aliphatic heterocycles. The molecule has 1 aromatic carbocycles. The van der Waals surface area contributed by atoms with Gasteiger partial charge in [0.15, 0.2) is 0 Å². The van der Waals surface area contributed by atoms with Crippen molar-refractivity contribution in [1.29, 1.82) is 0 Å². The van der Waals surface area contributed by atoms with Crippen LogP contribution < -0.4 is 0 Å². The molecule has 5 nitrogen and oxygen atoms in total.